The minimum atomic E-state index is 0.0262. The fourth-order valence-corrected chi connectivity index (χ4v) is 5.78. The first-order valence-corrected chi connectivity index (χ1v) is 11.9. The van der Waals surface area contributed by atoms with Gasteiger partial charge in [-0.25, -0.2) is 4.98 Å². The fraction of sp³-hybridized carbons (Fsp3) is 0.304. The summed E-state index contributed by atoms with van der Waals surface area (Å²) in [4.78, 5) is 21.6. The lowest BCUT2D eigenvalue weighted by Crippen LogP contribution is -2.50. The van der Waals surface area contributed by atoms with Crippen molar-refractivity contribution in [2.75, 3.05) is 44.8 Å². The highest BCUT2D eigenvalue weighted by Gasteiger charge is 2.22. The molecule has 0 atom stereocenters. The Morgan fingerprint density at radius 3 is 2.65 bits per heavy atom. The molecule has 0 N–H and O–H groups in total. The Hall–Kier alpha value is -2.84. The minimum absolute atomic E-state index is 0.0262. The third-order valence-electron chi connectivity index (χ3n) is 5.59. The van der Waals surface area contributed by atoms with Crippen molar-refractivity contribution in [1.29, 1.82) is 0 Å². The van der Waals surface area contributed by atoms with Crippen LogP contribution in [0, 0.1) is 6.92 Å². The topological polar surface area (TPSA) is 54.9 Å². The summed E-state index contributed by atoms with van der Waals surface area (Å²) in [5.74, 6) is 1.64. The summed E-state index contributed by atoms with van der Waals surface area (Å²) in [6.45, 7) is 5.05. The van der Waals surface area contributed by atoms with Gasteiger partial charge in [0.1, 0.15) is 11.5 Å². The van der Waals surface area contributed by atoms with E-state index in [1.165, 1.54) is 0 Å². The number of carbonyl (C=O) groups is 1. The largest absolute Gasteiger partial charge is 0.497 e. The van der Waals surface area contributed by atoms with Gasteiger partial charge >= 0.3 is 0 Å². The van der Waals surface area contributed by atoms with Gasteiger partial charge in [-0.3, -0.25) is 4.79 Å². The smallest absolute Gasteiger partial charge is 0.260 e. The summed E-state index contributed by atoms with van der Waals surface area (Å²) in [6, 6.07) is 12.1. The van der Waals surface area contributed by atoms with E-state index >= 15 is 0 Å². The molecule has 1 fully saturated rings. The number of anilines is 1. The lowest BCUT2D eigenvalue weighted by Gasteiger charge is -2.36. The van der Waals surface area contributed by atoms with Gasteiger partial charge in [-0.2, -0.15) is 0 Å². The van der Waals surface area contributed by atoms with Crippen LogP contribution in [0.15, 0.2) is 41.8 Å². The second-order valence-corrected chi connectivity index (χ2v) is 9.62. The molecular weight excluding hydrogens is 430 g/mol. The van der Waals surface area contributed by atoms with E-state index < -0.39 is 0 Å². The van der Waals surface area contributed by atoms with Crippen molar-refractivity contribution in [1.82, 2.24) is 9.88 Å². The molecule has 6 nitrogen and oxygen atoms in total. The maximum Gasteiger partial charge on any atom is 0.260 e. The highest BCUT2D eigenvalue weighted by atomic mass is 32.1. The van der Waals surface area contributed by atoms with E-state index in [1.54, 1.807) is 29.8 Å². The number of amides is 1. The predicted molar refractivity (Wildman–Crippen MR) is 127 cm³/mol. The molecule has 31 heavy (non-hydrogen) atoms. The minimum Gasteiger partial charge on any atom is -0.497 e. The Bertz CT molecular complexity index is 1220. The Kier molecular flexibility index (Phi) is 5.41. The average molecular weight is 454 g/mol. The first-order valence-electron chi connectivity index (χ1n) is 10.2. The number of fused-ring (bicyclic) bond motifs is 3. The van der Waals surface area contributed by atoms with Gasteiger partial charge in [0.25, 0.3) is 5.91 Å². The predicted octanol–water partition coefficient (Wildman–Crippen LogP) is 4.56. The van der Waals surface area contributed by atoms with Crippen LogP contribution in [0.1, 0.15) is 5.01 Å². The van der Waals surface area contributed by atoms with Crippen molar-refractivity contribution < 1.29 is 14.3 Å². The van der Waals surface area contributed by atoms with E-state index in [9.17, 15) is 4.79 Å². The van der Waals surface area contributed by atoms with Crippen molar-refractivity contribution >= 4 is 54.6 Å². The molecule has 2 aromatic carbocycles. The van der Waals surface area contributed by atoms with Crippen molar-refractivity contribution in [3.63, 3.8) is 0 Å². The molecule has 3 heterocycles. The number of thiophene rings is 1. The molecule has 2 aromatic heterocycles. The van der Waals surface area contributed by atoms with Gasteiger partial charge in [0.05, 0.1) is 27.0 Å². The number of thiazole rings is 1. The van der Waals surface area contributed by atoms with E-state index in [4.69, 9.17) is 9.47 Å². The molecule has 0 spiro atoms. The highest BCUT2D eigenvalue weighted by Crippen LogP contribution is 2.38. The van der Waals surface area contributed by atoms with Crippen molar-refractivity contribution in [3.05, 3.63) is 46.8 Å². The Morgan fingerprint density at radius 2 is 1.90 bits per heavy atom. The second-order valence-electron chi connectivity index (χ2n) is 7.47. The van der Waals surface area contributed by atoms with Gasteiger partial charge in [0.2, 0.25) is 0 Å². The lowest BCUT2D eigenvalue weighted by molar-refractivity contribution is -0.133. The molecule has 8 heteroatoms. The third kappa shape index (κ3) is 3.93. The molecule has 1 saturated heterocycles. The van der Waals surface area contributed by atoms with Crippen LogP contribution in [0.25, 0.3) is 20.3 Å². The number of methoxy groups -OCH3 is 1. The number of carbonyl (C=O) groups excluding carboxylic acids is 1. The molecule has 160 valence electrons. The standard InChI is InChI=1S/C23H23N3O3S2/c1-15-24-22-20(31-15)13-19(18-7-12-30-23(18)22)29-14-21(27)26-10-8-25(9-11-26)16-3-5-17(28-2)6-4-16/h3-7,12-13H,8-11,14H2,1-2H3. The van der Waals surface area contributed by atoms with Gasteiger partial charge in [0, 0.05) is 43.3 Å². The van der Waals surface area contributed by atoms with Crippen LogP contribution in [0.3, 0.4) is 0 Å². The van der Waals surface area contributed by atoms with Crippen LogP contribution >= 0.6 is 22.7 Å². The first kappa shape index (κ1) is 20.1. The molecular formula is C23H23N3O3S2. The Morgan fingerprint density at radius 1 is 1.13 bits per heavy atom. The molecule has 0 unspecified atom stereocenters. The van der Waals surface area contributed by atoms with E-state index in [-0.39, 0.29) is 12.5 Å². The molecule has 0 aliphatic carbocycles. The van der Waals surface area contributed by atoms with Gasteiger partial charge < -0.3 is 19.3 Å². The van der Waals surface area contributed by atoms with Crippen molar-refractivity contribution in [2.24, 2.45) is 0 Å². The summed E-state index contributed by atoms with van der Waals surface area (Å²) in [7, 11) is 1.67. The summed E-state index contributed by atoms with van der Waals surface area (Å²) in [5.41, 5.74) is 2.18. The quantitative estimate of drug-likeness (QED) is 0.444. The first-order chi connectivity index (χ1) is 15.1. The van der Waals surface area contributed by atoms with Crippen LogP contribution in [-0.2, 0) is 4.79 Å². The second kappa shape index (κ2) is 8.36. The number of rotatable bonds is 5. The Balaban J connectivity index is 1.22. The number of hydrogen-bond acceptors (Lipinski definition) is 7. The fourth-order valence-electron chi connectivity index (χ4n) is 3.94. The molecule has 4 aromatic rings. The van der Waals surface area contributed by atoms with E-state index in [2.05, 4.69) is 22.0 Å². The lowest BCUT2D eigenvalue weighted by atomic mass is 10.2. The number of ether oxygens (including phenoxy) is 2. The number of nitrogens with zero attached hydrogens (tertiary/aromatic N) is 3. The molecule has 1 aliphatic rings. The third-order valence-corrected chi connectivity index (χ3v) is 7.43. The molecule has 1 amide bonds. The zero-order valence-electron chi connectivity index (χ0n) is 17.5. The number of piperazine rings is 1. The monoisotopic (exact) mass is 453 g/mol. The summed E-state index contributed by atoms with van der Waals surface area (Å²) >= 11 is 3.32. The van der Waals surface area contributed by atoms with Crippen molar-refractivity contribution in [2.45, 2.75) is 6.92 Å². The van der Waals surface area contributed by atoms with Crippen LogP contribution in [-0.4, -0.2) is 55.7 Å². The van der Waals surface area contributed by atoms with E-state index in [1.807, 2.05) is 41.5 Å². The van der Waals surface area contributed by atoms with E-state index in [0.717, 1.165) is 55.6 Å². The maximum atomic E-state index is 12.8. The number of aryl methyl sites for hydroxylation is 1. The molecule has 0 saturated carbocycles. The summed E-state index contributed by atoms with van der Waals surface area (Å²) < 4.78 is 13.5. The van der Waals surface area contributed by atoms with Gasteiger partial charge in [-0.05, 0) is 42.6 Å². The van der Waals surface area contributed by atoms with Crippen molar-refractivity contribution in [3.8, 4) is 11.5 Å². The number of aromatic nitrogens is 1. The van der Waals surface area contributed by atoms with Gasteiger partial charge in [-0.15, -0.1) is 22.7 Å². The molecule has 1 aliphatic heterocycles. The van der Waals surface area contributed by atoms with Crippen LogP contribution in [0.2, 0.25) is 0 Å². The number of hydrogen-bond donors (Lipinski definition) is 0. The van der Waals surface area contributed by atoms with Crippen LogP contribution in [0.5, 0.6) is 11.5 Å². The van der Waals surface area contributed by atoms with Gasteiger partial charge in [0.15, 0.2) is 6.61 Å². The zero-order chi connectivity index (χ0) is 21.4. The number of benzene rings is 2. The molecule has 0 radical (unpaired) electrons. The highest BCUT2D eigenvalue weighted by molar-refractivity contribution is 7.21. The normalized spacial score (nSPS) is 14.4. The summed E-state index contributed by atoms with van der Waals surface area (Å²) in [5, 5.41) is 4.11. The SMILES string of the molecule is COc1ccc(N2CCN(C(=O)COc3cc4sc(C)nc4c4sccc34)CC2)cc1. The van der Waals surface area contributed by atoms with Crippen LogP contribution < -0.4 is 14.4 Å². The zero-order valence-corrected chi connectivity index (χ0v) is 19.1. The summed E-state index contributed by atoms with van der Waals surface area (Å²) in [6.07, 6.45) is 0. The van der Waals surface area contributed by atoms with Gasteiger partial charge in [-0.1, -0.05) is 0 Å². The average Bonchev–Trinajstić information content (AvgIpc) is 3.43. The molecule has 5 rings (SSSR count). The molecule has 0 bridgehead atoms. The Labute approximate surface area is 188 Å². The van der Waals surface area contributed by atoms with Crippen LogP contribution in [0.4, 0.5) is 5.69 Å². The maximum absolute atomic E-state index is 12.8. The van der Waals surface area contributed by atoms with E-state index in [0.29, 0.717) is 13.1 Å².